The molecule has 100 valence electrons. The molecular formula is C12H8F3NO3. The number of ether oxygens (including phenoxy) is 1. The molecule has 0 aliphatic heterocycles. The van der Waals surface area contributed by atoms with Crippen LogP contribution in [0.5, 0.6) is 0 Å². The summed E-state index contributed by atoms with van der Waals surface area (Å²) in [5.74, 6) is -1.48. The molecule has 0 bridgehead atoms. The third kappa shape index (κ3) is 3.12. The monoisotopic (exact) mass is 271 g/mol. The zero-order chi connectivity index (χ0) is 13.9. The molecule has 0 saturated carbocycles. The van der Waals surface area contributed by atoms with Gasteiger partial charge < -0.3 is 9.15 Å². The zero-order valence-corrected chi connectivity index (χ0v) is 9.42. The van der Waals surface area contributed by atoms with Gasteiger partial charge in [-0.25, -0.2) is 4.79 Å². The molecule has 0 N–H and O–H groups in total. The van der Waals surface area contributed by atoms with Crippen LogP contribution in [0.25, 0.3) is 0 Å². The van der Waals surface area contributed by atoms with Crippen LogP contribution in [0.15, 0.2) is 47.3 Å². The quantitative estimate of drug-likeness (QED) is 0.805. The van der Waals surface area contributed by atoms with Crippen LogP contribution in [0, 0.1) is 0 Å². The van der Waals surface area contributed by atoms with Crippen molar-refractivity contribution in [3.05, 3.63) is 54.2 Å². The second-order valence-electron chi connectivity index (χ2n) is 3.59. The Hall–Kier alpha value is -2.31. The fourth-order valence-corrected chi connectivity index (χ4v) is 1.41. The molecule has 2 heterocycles. The SMILES string of the molecule is O=C(OC(c1cccnc1)C(F)(F)F)c1ccco1. The van der Waals surface area contributed by atoms with Gasteiger partial charge in [-0.05, 0) is 18.2 Å². The average molecular weight is 271 g/mol. The summed E-state index contributed by atoms with van der Waals surface area (Å²) in [6.45, 7) is 0. The van der Waals surface area contributed by atoms with Crippen molar-refractivity contribution in [1.29, 1.82) is 0 Å². The van der Waals surface area contributed by atoms with Crippen LogP contribution in [0.2, 0.25) is 0 Å². The molecule has 7 heteroatoms. The summed E-state index contributed by atoms with van der Waals surface area (Å²) >= 11 is 0. The fourth-order valence-electron chi connectivity index (χ4n) is 1.41. The summed E-state index contributed by atoms with van der Waals surface area (Å²) in [6, 6.07) is 5.11. The third-order valence-corrected chi connectivity index (χ3v) is 2.23. The van der Waals surface area contributed by atoms with E-state index in [-0.39, 0.29) is 11.3 Å². The van der Waals surface area contributed by atoms with Crippen LogP contribution in [0.4, 0.5) is 13.2 Å². The van der Waals surface area contributed by atoms with Crippen LogP contribution in [0.3, 0.4) is 0 Å². The van der Waals surface area contributed by atoms with Crippen LogP contribution >= 0.6 is 0 Å². The van der Waals surface area contributed by atoms with E-state index in [1.165, 1.54) is 36.7 Å². The lowest BCUT2D eigenvalue weighted by Gasteiger charge is -2.20. The van der Waals surface area contributed by atoms with Gasteiger partial charge in [0.25, 0.3) is 0 Å². The molecule has 0 amide bonds. The lowest BCUT2D eigenvalue weighted by Crippen LogP contribution is -2.26. The van der Waals surface area contributed by atoms with Gasteiger partial charge in [-0.1, -0.05) is 6.07 Å². The van der Waals surface area contributed by atoms with Gasteiger partial charge in [-0.2, -0.15) is 13.2 Å². The van der Waals surface area contributed by atoms with Crippen molar-refractivity contribution in [3.63, 3.8) is 0 Å². The number of hydrogen-bond donors (Lipinski definition) is 0. The molecule has 1 atom stereocenters. The first-order chi connectivity index (χ1) is 8.98. The maximum Gasteiger partial charge on any atom is 0.429 e. The Balaban J connectivity index is 2.23. The number of esters is 1. The molecule has 2 aromatic heterocycles. The Morgan fingerprint density at radius 2 is 2.11 bits per heavy atom. The molecule has 4 nitrogen and oxygen atoms in total. The summed E-state index contributed by atoms with van der Waals surface area (Å²) in [4.78, 5) is 15.1. The number of pyridine rings is 1. The molecule has 0 fully saturated rings. The Morgan fingerprint density at radius 3 is 2.63 bits per heavy atom. The number of furan rings is 1. The van der Waals surface area contributed by atoms with E-state index in [2.05, 4.69) is 14.1 Å². The van der Waals surface area contributed by atoms with Crippen molar-refractivity contribution in [2.45, 2.75) is 12.3 Å². The number of halogens is 3. The highest BCUT2D eigenvalue weighted by Crippen LogP contribution is 2.36. The zero-order valence-electron chi connectivity index (χ0n) is 9.42. The Morgan fingerprint density at radius 1 is 1.32 bits per heavy atom. The number of carbonyl (C=O) groups is 1. The molecule has 1 unspecified atom stereocenters. The van der Waals surface area contributed by atoms with E-state index >= 15 is 0 Å². The normalized spacial score (nSPS) is 13.0. The summed E-state index contributed by atoms with van der Waals surface area (Å²) in [7, 11) is 0. The largest absolute Gasteiger partial charge is 0.457 e. The summed E-state index contributed by atoms with van der Waals surface area (Å²) in [5, 5.41) is 0. The highest BCUT2D eigenvalue weighted by molar-refractivity contribution is 5.86. The number of carbonyl (C=O) groups excluding carboxylic acids is 1. The Kier molecular flexibility index (Phi) is 3.55. The molecule has 19 heavy (non-hydrogen) atoms. The van der Waals surface area contributed by atoms with Gasteiger partial charge in [0.2, 0.25) is 11.9 Å². The minimum absolute atomic E-state index is 0.255. The number of hydrogen-bond acceptors (Lipinski definition) is 4. The number of rotatable bonds is 3. The standard InChI is InChI=1S/C12H8F3NO3/c13-12(14,15)10(8-3-1-5-16-7-8)19-11(17)9-4-2-6-18-9/h1-7,10H. The first kappa shape index (κ1) is 13.1. The van der Waals surface area contributed by atoms with Crippen molar-refractivity contribution >= 4 is 5.97 Å². The molecule has 2 rings (SSSR count). The van der Waals surface area contributed by atoms with Crippen molar-refractivity contribution in [3.8, 4) is 0 Å². The fraction of sp³-hybridized carbons (Fsp3) is 0.167. The maximum absolute atomic E-state index is 12.9. The van der Waals surface area contributed by atoms with E-state index in [0.717, 1.165) is 6.20 Å². The van der Waals surface area contributed by atoms with Crippen LogP contribution < -0.4 is 0 Å². The minimum Gasteiger partial charge on any atom is -0.457 e. The van der Waals surface area contributed by atoms with Gasteiger partial charge in [0, 0.05) is 18.0 Å². The molecule has 0 radical (unpaired) electrons. The summed E-state index contributed by atoms with van der Waals surface area (Å²) in [6.07, 6.45) is -3.62. The minimum atomic E-state index is -4.73. The molecule has 0 spiro atoms. The lowest BCUT2D eigenvalue weighted by molar-refractivity contribution is -0.207. The van der Waals surface area contributed by atoms with Crippen LogP contribution in [-0.4, -0.2) is 17.1 Å². The molecule has 0 aliphatic carbocycles. The smallest absolute Gasteiger partial charge is 0.429 e. The third-order valence-electron chi connectivity index (χ3n) is 2.23. The van der Waals surface area contributed by atoms with E-state index in [1.807, 2.05) is 0 Å². The first-order valence-electron chi connectivity index (χ1n) is 5.19. The van der Waals surface area contributed by atoms with Crippen molar-refractivity contribution < 1.29 is 27.1 Å². The van der Waals surface area contributed by atoms with Crippen molar-refractivity contribution in [2.24, 2.45) is 0 Å². The Bertz CT molecular complexity index is 537. The van der Waals surface area contributed by atoms with Gasteiger partial charge in [-0.15, -0.1) is 0 Å². The lowest BCUT2D eigenvalue weighted by atomic mass is 10.1. The Labute approximate surface area is 105 Å². The second kappa shape index (κ2) is 5.13. The number of alkyl halides is 3. The predicted molar refractivity (Wildman–Crippen MR) is 57.2 cm³/mol. The van der Waals surface area contributed by atoms with E-state index < -0.39 is 18.2 Å². The van der Waals surface area contributed by atoms with Gasteiger partial charge in [-0.3, -0.25) is 4.98 Å². The van der Waals surface area contributed by atoms with E-state index in [0.29, 0.717) is 0 Å². The number of nitrogens with zero attached hydrogens (tertiary/aromatic N) is 1. The first-order valence-corrected chi connectivity index (χ1v) is 5.19. The molecular weight excluding hydrogens is 263 g/mol. The number of aromatic nitrogens is 1. The molecule has 0 aliphatic rings. The molecule has 0 saturated heterocycles. The van der Waals surface area contributed by atoms with Gasteiger partial charge in [0.05, 0.1) is 6.26 Å². The molecule has 0 aromatic carbocycles. The summed E-state index contributed by atoms with van der Waals surface area (Å²) in [5.41, 5.74) is -0.255. The highest BCUT2D eigenvalue weighted by atomic mass is 19.4. The van der Waals surface area contributed by atoms with E-state index in [4.69, 9.17) is 0 Å². The van der Waals surface area contributed by atoms with E-state index in [1.54, 1.807) is 0 Å². The van der Waals surface area contributed by atoms with Gasteiger partial charge in [0.1, 0.15) is 0 Å². The van der Waals surface area contributed by atoms with Crippen LogP contribution in [0.1, 0.15) is 22.2 Å². The van der Waals surface area contributed by atoms with Gasteiger partial charge >= 0.3 is 12.1 Å². The second-order valence-corrected chi connectivity index (χ2v) is 3.59. The van der Waals surface area contributed by atoms with Crippen LogP contribution in [-0.2, 0) is 4.74 Å². The van der Waals surface area contributed by atoms with Gasteiger partial charge in [0.15, 0.2) is 0 Å². The predicted octanol–water partition coefficient (Wildman–Crippen LogP) is 3.14. The topological polar surface area (TPSA) is 52.3 Å². The van der Waals surface area contributed by atoms with Crippen molar-refractivity contribution in [1.82, 2.24) is 4.98 Å². The average Bonchev–Trinajstić information content (AvgIpc) is 2.89. The van der Waals surface area contributed by atoms with E-state index in [9.17, 15) is 18.0 Å². The maximum atomic E-state index is 12.9. The molecule has 2 aromatic rings. The summed E-state index contributed by atoms with van der Waals surface area (Å²) < 4.78 is 47.8. The highest BCUT2D eigenvalue weighted by Gasteiger charge is 2.44. The van der Waals surface area contributed by atoms with Crippen molar-refractivity contribution in [2.75, 3.05) is 0 Å².